The van der Waals surface area contributed by atoms with Gasteiger partial charge in [-0.25, -0.2) is 4.79 Å². The molecule has 0 unspecified atom stereocenters. The van der Waals surface area contributed by atoms with Crippen molar-refractivity contribution in [1.29, 1.82) is 0 Å². The monoisotopic (exact) mass is 456 g/mol. The van der Waals surface area contributed by atoms with Crippen LogP contribution in [-0.2, 0) is 25.5 Å². The average molecular weight is 457 g/mol. The van der Waals surface area contributed by atoms with Gasteiger partial charge in [-0.3, -0.25) is 9.59 Å². The number of aryl methyl sites for hydroxylation is 2. The number of alkyl carbamates (subject to hydrolysis) is 1. The summed E-state index contributed by atoms with van der Waals surface area (Å²) in [4.78, 5) is 34.6. The molecule has 2 amide bonds. The van der Waals surface area contributed by atoms with Crippen LogP contribution in [0, 0.1) is 6.92 Å². The zero-order valence-electron chi connectivity index (χ0n) is 18.9. The Kier molecular flexibility index (Phi) is 10.6. The molecule has 1 atom stereocenters. The van der Waals surface area contributed by atoms with Crippen molar-refractivity contribution in [3.05, 3.63) is 28.3 Å². The molecular formula is C22H33ClN2O6. The van der Waals surface area contributed by atoms with Crippen molar-refractivity contribution < 1.29 is 28.6 Å². The Balaban J connectivity index is 2.84. The zero-order valence-corrected chi connectivity index (χ0v) is 19.6. The number of nitrogens with one attached hydrogen (secondary N) is 1. The van der Waals surface area contributed by atoms with E-state index in [0.29, 0.717) is 36.5 Å². The minimum atomic E-state index is -0.655. The second-order valence-electron chi connectivity index (χ2n) is 8.32. The van der Waals surface area contributed by atoms with Crippen LogP contribution >= 0.6 is 11.6 Å². The normalized spacial score (nSPS) is 12.1. The van der Waals surface area contributed by atoms with Gasteiger partial charge in [-0.05, 0) is 64.2 Å². The number of primary amides is 1. The molecule has 0 spiro atoms. The van der Waals surface area contributed by atoms with Gasteiger partial charge in [0, 0.05) is 12.8 Å². The van der Waals surface area contributed by atoms with Gasteiger partial charge in [0.25, 0.3) is 0 Å². The molecule has 0 heterocycles. The summed E-state index contributed by atoms with van der Waals surface area (Å²) in [5, 5.41) is 3.16. The predicted molar refractivity (Wildman–Crippen MR) is 118 cm³/mol. The van der Waals surface area contributed by atoms with E-state index in [1.807, 2.05) is 13.0 Å². The molecule has 0 saturated heterocycles. The third-order valence-electron chi connectivity index (χ3n) is 4.21. The number of carbonyl (C=O) groups is 3. The average Bonchev–Trinajstić information content (AvgIpc) is 2.65. The number of carbonyl (C=O) groups excluding carboxylic acids is 3. The van der Waals surface area contributed by atoms with Crippen molar-refractivity contribution >= 4 is 29.6 Å². The standard InChI is InChI=1S/C22H33ClN2O6/c1-14-11-15(7-6-8-19(27)29-5)20(23)17(12-14)30-13-16(9-10-18(24)26)25-21(28)31-22(2,3)4/h11-12,16H,6-10,13H2,1-5H3,(H2,24,26)(H,25,28)/t16-/m0/s1. The summed E-state index contributed by atoms with van der Waals surface area (Å²) in [6.45, 7) is 7.27. The summed E-state index contributed by atoms with van der Waals surface area (Å²) >= 11 is 6.51. The van der Waals surface area contributed by atoms with E-state index >= 15 is 0 Å². The van der Waals surface area contributed by atoms with Crippen LogP contribution in [0.4, 0.5) is 4.79 Å². The summed E-state index contributed by atoms with van der Waals surface area (Å²) in [5.74, 6) is -0.284. The van der Waals surface area contributed by atoms with Crippen molar-refractivity contribution in [2.24, 2.45) is 5.73 Å². The highest BCUT2D eigenvalue weighted by Crippen LogP contribution is 2.31. The van der Waals surface area contributed by atoms with Gasteiger partial charge < -0.3 is 25.3 Å². The number of esters is 1. The van der Waals surface area contributed by atoms with Gasteiger partial charge in [-0.15, -0.1) is 0 Å². The van der Waals surface area contributed by atoms with E-state index in [1.165, 1.54) is 7.11 Å². The fourth-order valence-corrected chi connectivity index (χ4v) is 3.06. The Morgan fingerprint density at radius 2 is 1.87 bits per heavy atom. The first-order chi connectivity index (χ1) is 14.4. The van der Waals surface area contributed by atoms with Crippen LogP contribution in [-0.4, -0.2) is 43.3 Å². The first-order valence-electron chi connectivity index (χ1n) is 10.2. The van der Waals surface area contributed by atoms with Crippen molar-refractivity contribution in [2.45, 2.75) is 71.4 Å². The Bertz CT molecular complexity index is 776. The van der Waals surface area contributed by atoms with Crippen molar-refractivity contribution in [3.8, 4) is 5.75 Å². The molecule has 1 rings (SSSR count). The van der Waals surface area contributed by atoms with E-state index in [1.54, 1.807) is 26.8 Å². The number of methoxy groups -OCH3 is 1. The highest BCUT2D eigenvalue weighted by Gasteiger charge is 2.21. The number of halogens is 1. The number of hydrogen-bond acceptors (Lipinski definition) is 6. The maximum absolute atomic E-state index is 12.1. The molecule has 31 heavy (non-hydrogen) atoms. The number of nitrogens with two attached hydrogens (primary N) is 1. The Labute approximate surface area is 188 Å². The predicted octanol–water partition coefficient (Wildman–Crippen LogP) is 3.68. The molecule has 8 nitrogen and oxygen atoms in total. The molecule has 0 bridgehead atoms. The molecule has 174 valence electrons. The molecule has 1 aromatic carbocycles. The molecule has 0 aliphatic heterocycles. The second kappa shape index (κ2) is 12.4. The van der Waals surface area contributed by atoms with Gasteiger partial charge in [-0.2, -0.15) is 0 Å². The first kappa shape index (κ1) is 26.6. The van der Waals surface area contributed by atoms with Crippen LogP contribution in [0.5, 0.6) is 5.75 Å². The summed E-state index contributed by atoms with van der Waals surface area (Å²) in [7, 11) is 1.36. The minimum absolute atomic E-state index is 0.0807. The fraction of sp³-hybridized carbons (Fsp3) is 0.591. The smallest absolute Gasteiger partial charge is 0.407 e. The van der Waals surface area contributed by atoms with E-state index in [4.69, 9.17) is 26.8 Å². The van der Waals surface area contributed by atoms with E-state index < -0.39 is 23.6 Å². The SMILES string of the molecule is COC(=O)CCCc1cc(C)cc(OC[C@H](CCC(N)=O)NC(=O)OC(C)(C)C)c1Cl. The molecular weight excluding hydrogens is 424 g/mol. The topological polar surface area (TPSA) is 117 Å². The maximum atomic E-state index is 12.1. The number of benzene rings is 1. The first-order valence-corrected chi connectivity index (χ1v) is 10.6. The molecule has 0 aromatic heterocycles. The van der Waals surface area contributed by atoms with Crippen LogP contribution in [0.25, 0.3) is 0 Å². The van der Waals surface area contributed by atoms with Gasteiger partial charge in [0.2, 0.25) is 5.91 Å². The molecule has 0 aliphatic rings. The van der Waals surface area contributed by atoms with Crippen LogP contribution in [0.3, 0.4) is 0 Å². The Morgan fingerprint density at radius 1 is 1.19 bits per heavy atom. The largest absolute Gasteiger partial charge is 0.490 e. The van der Waals surface area contributed by atoms with Gasteiger partial charge in [0.1, 0.15) is 18.0 Å². The number of amides is 2. The third kappa shape index (κ3) is 10.9. The van der Waals surface area contributed by atoms with Gasteiger partial charge in [0.15, 0.2) is 0 Å². The summed E-state index contributed by atoms with van der Waals surface area (Å²) < 4.78 is 15.8. The molecule has 9 heteroatoms. The number of hydrogen-bond donors (Lipinski definition) is 2. The Morgan fingerprint density at radius 3 is 2.45 bits per heavy atom. The minimum Gasteiger partial charge on any atom is -0.490 e. The van der Waals surface area contributed by atoms with Crippen LogP contribution < -0.4 is 15.8 Å². The van der Waals surface area contributed by atoms with Crippen molar-refractivity contribution in [1.82, 2.24) is 5.32 Å². The Hall–Kier alpha value is -2.48. The van der Waals surface area contributed by atoms with Crippen molar-refractivity contribution in [2.75, 3.05) is 13.7 Å². The molecule has 0 fully saturated rings. The molecule has 0 radical (unpaired) electrons. The lowest BCUT2D eigenvalue weighted by molar-refractivity contribution is -0.140. The lowest BCUT2D eigenvalue weighted by atomic mass is 10.0. The number of rotatable bonds is 11. The highest BCUT2D eigenvalue weighted by atomic mass is 35.5. The van der Waals surface area contributed by atoms with Crippen LogP contribution in [0.2, 0.25) is 5.02 Å². The van der Waals surface area contributed by atoms with Crippen LogP contribution in [0.15, 0.2) is 12.1 Å². The quantitative estimate of drug-likeness (QED) is 0.490. The molecule has 0 aliphatic carbocycles. The fourth-order valence-electron chi connectivity index (χ4n) is 2.80. The summed E-state index contributed by atoms with van der Waals surface area (Å²) in [5.41, 5.74) is 6.39. The van der Waals surface area contributed by atoms with Gasteiger partial charge >= 0.3 is 12.1 Å². The van der Waals surface area contributed by atoms with E-state index in [2.05, 4.69) is 10.1 Å². The third-order valence-corrected chi connectivity index (χ3v) is 4.64. The highest BCUT2D eigenvalue weighted by molar-refractivity contribution is 6.32. The maximum Gasteiger partial charge on any atom is 0.407 e. The van der Waals surface area contributed by atoms with E-state index in [-0.39, 0.29) is 19.0 Å². The van der Waals surface area contributed by atoms with Crippen LogP contribution in [0.1, 0.15) is 57.6 Å². The molecule has 1 aromatic rings. The summed E-state index contributed by atoms with van der Waals surface area (Å²) in [6, 6.07) is 3.24. The van der Waals surface area contributed by atoms with Crippen molar-refractivity contribution in [3.63, 3.8) is 0 Å². The van der Waals surface area contributed by atoms with E-state index in [9.17, 15) is 14.4 Å². The zero-order chi connectivity index (χ0) is 23.6. The van der Waals surface area contributed by atoms with E-state index in [0.717, 1.165) is 11.1 Å². The molecule has 0 saturated carbocycles. The lowest BCUT2D eigenvalue weighted by Gasteiger charge is -2.24. The number of ether oxygens (including phenoxy) is 3. The molecule has 3 N–H and O–H groups in total. The lowest BCUT2D eigenvalue weighted by Crippen LogP contribution is -2.42. The summed E-state index contributed by atoms with van der Waals surface area (Å²) in [6.07, 6.45) is 1.26. The second-order valence-corrected chi connectivity index (χ2v) is 8.70. The van der Waals surface area contributed by atoms with Gasteiger partial charge in [-0.1, -0.05) is 17.7 Å². The van der Waals surface area contributed by atoms with Gasteiger partial charge in [0.05, 0.1) is 18.2 Å².